The highest BCUT2D eigenvalue weighted by molar-refractivity contribution is 6.31. The molecule has 4 nitrogen and oxygen atoms in total. The molecule has 2 aromatic carbocycles. The Hall–Kier alpha value is -2.04. The Bertz CT molecular complexity index is 767. The molecule has 27 heavy (non-hydrogen) atoms. The summed E-state index contributed by atoms with van der Waals surface area (Å²) in [6.07, 6.45) is 2.37. The zero-order valence-electron chi connectivity index (χ0n) is 16.0. The molecule has 144 valence electrons. The van der Waals surface area contributed by atoms with E-state index in [1.54, 1.807) is 0 Å². The molecule has 0 bridgehead atoms. The van der Waals surface area contributed by atoms with Gasteiger partial charge in [-0.3, -0.25) is 9.69 Å². The van der Waals surface area contributed by atoms with Crippen LogP contribution < -0.4 is 10.1 Å². The molecule has 1 fully saturated rings. The molecule has 0 aromatic heterocycles. The maximum atomic E-state index is 12.4. The molecular weight excluding hydrogens is 360 g/mol. The monoisotopic (exact) mass is 386 g/mol. The minimum atomic E-state index is -0.117. The number of ether oxygens (including phenoxy) is 1. The first kappa shape index (κ1) is 19.7. The number of hydrogen-bond acceptors (Lipinski definition) is 3. The summed E-state index contributed by atoms with van der Waals surface area (Å²) in [6, 6.07) is 13.9. The van der Waals surface area contributed by atoms with Crippen LogP contribution >= 0.6 is 11.6 Å². The number of likely N-dealkylation sites (tertiary alicyclic amines) is 1. The number of nitrogens with zero attached hydrogens (tertiary/aromatic N) is 1. The van der Waals surface area contributed by atoms with E-state index in [2.05, 4.69) is 10.2 Å². The third-order valence-electron chi connectivity index (χ3n) is 5.09. The SMILES string of the molecule is Cc1cccc(C)c1OCC(=O)NC[C@H](c1ccccc1Cl)N1CCCC1. The van der Waals surface area contributed by atoms with Gasteiger partial charge >= 0.3 is 0 Å². The molecule has 0 radical (unpaired) electrons. The molecule has 0 unspecified atom stereocenters. The molecule has 1 heterocycles. The first-order chi connectivity index (χ1) is 13.1. The van der Waals surface area contributed by atoms with E-state index in [-0.39, 0.29) is 18.6 Å². The molecule has 1 amide bonds. The number of para-hydroxylation sites is 1. The van der Waals surface area contributed by atoms with E-state index in [0.717, 1.165) is 40.6 Å². The van der Waals surface area contributed by atoms with E-state index in [4.69, 9.17) is 16.3 Å². The quantitative estimate of drug-likeness (QED) is 0.771. The molecule has 1 saturated heterocycles. The third-order valence-corrected chi connectivity index (χ3v) is 5.44. The van der Waals surface area contributed by atoms with Gasteiger partial charge in [-0.15, -0.1) is 0 Å². The van der Waals surface area contributed by atoms with Gasteiger partial charge in [-0.1, -0.05) is 48.0 Å². The minimum Gasteiger partial charge on any atom is -0.483 e. The predicted molar refractivity (Wildman–Crippen MR) is 109 cm³/mol. The highest BCUT2D eigenvalue weighted by Crippen LogP contribution is 2.29. The van der Waals surface area contributed by atoms with Crippen molar-refractivity contribution in [2.45, 2.75) is 32.7 Å². The van der Waals surface area contributed by atoms with Crippen LogP contribution in [0.3, 0.4) is 0 Å². The first-order valence-corrected chi connectivity index (χ1v) is 9.88. The molecule has 0 spiro atoms. The zero-order chi connectivity index (χ0) is 19.2. The van der Waals surface area contributed by atoms with E-state index < -0.39 is 0 Å². The van der Waals surface area contributed by atoms with Gasteiger partial charge in [-0.2, -0.15) is 0 Å². The fourth-order valence-electron chi connectivity index (χ4n) is 3.66. The summed E-state index contributed by atoms with van der Waals surface area (Å²) in [6.45, 7) is 6.58. The Morgan fingerprint density at radius 3 is 2.44 bits per heavy atom. The lowest BCUT2D eigenvalue weighted by Crippen LogP contribution is -2.38. The number of benzene rings is 2. The number of nitrogens with one attached hydrogen (secondary N) is 1. The van der Waals surface area contributed by atoms with Gasteiger partial charge in [-0.05, 0) is 62.5 Å². The minimum absolute atomic E-state index is 0.0148. The average Bonchev–Trinajstić information content (AvgIpc) is 3.17. The van der Waals surface area contributed by atoms with Crippen LogP contribution in [-0.2, 0) is 4.79 Å². The van der Waals surface area contributed by atoms with Crippen molar-refractivity contribution in [3.8, 4) is 5.75 Å². The number of halogens is 1. The summed E-state index contributed by atoms with van der Waals surface area (Å²) in [4.78, 5) is 14.8. The molecule has 5 heteroatoms. The van der Waals surface area contributed by atoms with Crippen LogP contribution in [0.4, 0.5) is 0 Å². The first-order valence-electron chi connectivity index (χ1n) is 9.50. The standard InChI is InChI=1S/C22H27ClN2O2/c1-16-8-7-9-17(2)22(16)27-15-21(26)24-14-20(25-12-5-6-13-25)18-10-3-4-11-19(18)23/h3-4,7-11,20H,5-6,12-15H2,1-2H3,(H,24,26)/t20-/m1/s1. The van der Waals surface area contributed by atoms with Crippen molar-refractivity contribution >= 4 is 17.5 Å². The van der Waals surface area contributed by atoms with Gasteiger partial charge in [0.05, 0.1) is 6.04 Å². The summed E-state index contributed by atoms with van der Waals surface area (Å²) in [7, 11) is 0. The molecule has 0 saturated carbocycles. The van der Waals surface area contributed by atoms with Crippen molar-refractivity contribution in [3.63, 3.8) is 0 Å². The van der Waals surface area contributed by atoms with Gasteiger partial charge in [0.25, 0.3) is 5.91 Å². The lowest BCUT2D eigenvalue weighted by molar-refractivity contribution is -0.123. The molecule has 1 N–H and O–H groups in total. The van der Waals surface area contributed by atoms with Crippen molar-refractivity contribution in [2.24, 2.45) is 0 Å². The second-order valence-corrected chi connectivity index (χ2v) is 7.50. The smallest absolute Gasteiger partial charge is 0.258 e. The fraction of sp³-hybridized carbons (Fsp3) is 0.409. The van der Waals surface area contributed by atoms with Gasteiger partial charge in [0.1, 0.15) is 5.75 Å². The molecule has 0 aliphatic carbocycles. The number of amides is 1. The molecule has 3 rings (SSSR count). The zero-order valence-corrected chi connectivity index (χ0v) is 16.8. The summed E-state index contributed by atoms with van der Waals surface area (Å²) >= 11 is 6.42. The number of hydrogen-bond donors (Lipinski definition) is 1. The summed E-state index contributed by atoms with van der Waals surface area (Å²) < 4.78 is 5.76. The Labute approximate surface area is 166 Å². The maximum Gasteiger partial charge on any atom is 0.258 e. The molecule has 1 aliphatic rings. The van der Waals surface area contributed by atoms with Crippen LogP contribution in [0.2, 0.25) is 5.02 Å². The van der Waals surface area contributed by atoms with Crippen molar-refractivity contribution < 1.29 is 9.53 Å². The van der Waals surface area contributed by atoms with Gasteiger partial charge in [0, 0.05) is 11.6 Å². The second-order valence-electron chi connectivity index (χ2n) is 7.09. The molecule has 1 atom stereocenters. The summed E-state index contributed by atoms with van der Waals surface area (Å²) in [5.74, 6) is 0.670. The summed E-state index contributed by atoms with van der Waals surface area (Å²) in [5.41, 5.74) is 3.14. The lowest BCUT2D eigenvalue weighted by atomic mass is 10.1. The number of carbonyl (C=O) groups excluding carboxylic acids is 1. The topological polar surface area (TPSA) is 41.6 Å². The van der Waals surface area contributed by atoms with Crippen molar-refractivity contribution in [1.29, 1.82) is 0 Å². The van der Waals surface area contributed by atoms with Crippen LogP contribution in [0.1, 0.15) is 35.6 Å². The highest BCUT2D eigenvalue weighted by atomic mass is 35.5. The summed E-state index contributed by atoms with van der Waals surface area (Å²) in [5, 5.41) is 3.78. The lowest BCUT2D eigenvalue weighted by Gasteiger charge is -2.29. The van der Waals surface area contributed by atoms with Gasteiger partial charge in [-0.25, -0.2) is 0 Å². The molecule has 2 aromatic rings. The fourth-order valence-corrected chi connectivity index (χ4v) is 3.92. The van der Waals surface area contributed by atoms with E-state index in [1.165, 1.54) is 12.8 Å². The van der Waals surface area contributed by atoms with Crippen LogP contribution in [0.5, 0.6) is 5.75 Å². The van der Waals surface area contributed by atoms with Gasteiger partial charge in [0.2, 0.25) is 0 Å². The second kappa shape index (κ2) is 9.25. The average molecular weight is 387 g/mol. The van der Waals surface area contributed by atoms with E-state index in [1.807, 2.05) is 56.3 Å². The Morgan fingerprint density at radius 1 is 1.11 bits per heavy atom. The van der Waals surface area contributed by atoms with Gasteiger partial charge in [0.15, 0.2) is 6.61 Å². The molecular formula is C22H27ClN2O2. The van der Waals surface area contributed by atoms with Crippen LogP contribution in [-0.4, -0.2) is 37.0 Å². The maximum absolute atomic E-state index is 12.4. The Kier molecular flexibility index (Phi) is 6.75. The predicted octanol–water partition coefficient (Wildman–Crippen LogP) is 4.29. The van der Waals surface area contributed by atoms with E-state index >= 15 is 0 Å². The van der Waals surface area contributed by atoms with E-state index in [0.29, 0.717) is 6.54 Å². The van der Waals surface area contributed by atoms with Crippen molar-refractivity contribution in [1.82, 2.24) is 10.2 Å². The van der Waals surface area contributed by atoms with E-state index in [9.17, 15) is 4.79 Å². The normalized spacial score (nSPS) is 15.5. The van der Waals surface area contributed by atoms with Crippen molar-refractivity contribution in [2.75, 3.05) is 26.2 Å². The van der Waals surface area contributed by atoms with Crippen LogP contribution in [0.15, 0.2) is 42.5 Å². The number of aryl methyl sites for hydroxylation is 2. The Morgan fingerprint density at radius 2 is 1.78 bits per heavy atom. The number of carbonyl (C=O) groups is 1. The number of rotatable bonds is 7. The highest BCUT2D eigenvalue weighted by Gasteiger charge is 2.25. The van der Waals surface area contributed by atoms with Gasteiger partial charge < -0.3 is 10.1 Å². The van der Waals surface area contributed by atoms with Crippen LogP contribution in [0.25, 0.3) is 0 Å². The largest absolute Gasteiger partial charge is 0.483 e. The van der Waals surface area contributed by atoms with Crippen molar-refractivity contribution in [3.05, 3.63) is 64.2 Å². The molecule has 1 aliphatic heterocycles. The van der Waals surface area contributed by atoms with Crippen LogP contribution in [0, 0.1) is 13.8 Å². The third kappa shape index (κ3) is 5.02. The Balaban J connectivity index is 1.61.